The number of methoxy groups -OCH3 is 1. The van der Waals surface area contributed by atoms with Crippen molar-refractivity contribution in [3.8, 4) is 23.1 Å². The van der Waals surface area contributed by atoms with Crippen molar-refractivity contribution in [1.29, 1.82) is 0 Å². The number of nitrogens with zero attached hydrogens (tertiary/aromatic N) is 3. The zero-order valence-corrected chi connectivity index (χ0v) is 9.16. The Morgan fingerprint density at radius 2 is 2.06 bits per heavy atom. The molecule has 0 fully saturated rings. The number of hydrogen-bond donors (Lipinski definition) is 2. The summed E-state index contributed by atoms with van der Waals surface area (Å²) in [5, 5.41) is 19.0. The molecule has 6 heteroatoms. The minimum absolute atomic E-state index is 0.0851. The van der Waals surface area contributed by atoms with Crippen molar-refractivity contribution in [2.75, 3.05) is 7.11 Å². The second-order valence-corrected chi connectivity index (χ2v) is 3.31. The molecule has 6 nitrogen and oxygen atoms in total. The Morgan fingerprint density at radius 3 is 2.71 bits per heavy atom. The van der Waals surface area contributed by atoms with Crippen LogP contribution >= 0.6 is 0 Å². The molecule has 2 aromatic rings. The zero-order valence-electron chi connectivity index (χ0n) is 9.16. The minimum Gasteiger partial charge on any atom is -0.502 e. The van der Waals surface area contributed by atoms with Crippen LogP contribution in [0.3, 0.4) is 0 Å². The lowest BCUT2D eigenvalue weighted by molar-refractivity contribution is 0.177. The first-order chi connectivity index (χ1) is 8.22. The Kier molecular flexibility index (Phi) is 3.15. The Bertz CT molecular complexity index is 517. The summed E-state index contributed by atoms with van der Waals surface area (Å²) in [7, 11) is 1.47. The van der Waals surface area contributed by atoms with Crippen LogP contribution in [0.5, 0.6) is 11.6 Å². The molecule has 2 N–H and O–H groups in total. The number of pyridine rings is 1. The summed E-state index contributed by atoms with van der Waals surface area (Å²) in [6, 6.07) is 5.26. The molecule has 2 rings (SSSR count). The van der Waals surface area contributed by atoms with E-state index in [-0.39, 0.29) is 23.9 Å². The van der Waals surface area contributed by atoms with E-state index in [0.29, 0.717) is 5.69 Å². The topological polar surface area (TPSA) is 88.4 Å². The average Bonchev–Trinajstić information content (AvgIpc) is 2.36. The van der Waals surface area contributed by atoms with Crippen molar-refractivity contribution in [1.82, 2.24) is 15.0 Å². The van der Waals surface area contributed by atoms with Crippen LogP contribution in [-0.2, 0) is 11.3 Å². The summed E-state index contributed by atoms with van der Waals surface area (Å²) in [4.78, 5) is 11.9. The van der Waals surface area contributed by atoms with Crippen molar-refractivity contribution < 1.29 is 14.9 Å². The summed E-state index contributed by atoms with van der Waals surface area (Å²) in [6.07, 6.45) is 1.60. The van der Waals surface area contributed by atoms with Crippen LogP contribution in [0.2, 0.25) is 0 Å². The molecule has 0 atom stereocenters. The van der Waals surface area contributed by atoms with Gasteiger partial charge in [0.2, 0.25) is 5.75 Å². The molecular formula is C11H11N3O3. The van der Waals surface area contributed by atoms with Gasteiger partial charge in [-0.1, -0.05) is 6.07 Å². The molecule has 0 radical (unpaired) electrons. The Hall–Kier alpha value is -2.21. The van der Waals surface area contributed by atoms with Crippen LogP contribution in [0.4, 0.5) is 0 Å². The quantitative estimate of drug-likeness (QED) is 0.825. The summed E-state index contributed by atoms with van der Waals surface area (Å²) in [5.41, 5.74) is 0.737. The van der Waals surface area contributed by atoms with E-state index < -0.39 is 5.88 Å². The first-order valence-corrected chi connectivity index (χ1v) is 4.91. The molecule has 0 amide bonds. The van der Waals surface area contributed by atoms with Crippen LogP contribution in [0.25, 0.3) is 11.5 Å². The van der Waals surface area contributed by atoms with Gasteiger partial charge in [-0.2, -0.15) is 4.98 Å². The van der Waals surface area contributed by atoms with Crippen molar-refractivity contribution in [2.45, 2.75) is 6.61 Å². The van der Waals surface area contributed by atoms with Crippen molar-refractivity contribution in [3.05, 3.63) is 30.1 Å². The van der Waals surface area contributed by atoms with Crippen molar-refractivity contribution >= 4 is 0 Å². The molecule has 0 saturated carbocycles. The van der Waals surface area contributed by atoms with E-state index in [1.165, 1.54) is 7.11 Å². The molecule has 2 aromatic heterocycles. The molecule has 0 unspecified atom stereocenters. The van der Waals surface area contributed by atoms with Gasteiger partial charge in [-0.25, -0.2) is 4.98 Å². The van der Waals surface area contributed by atoms with E-state index >= 15 is 0 Å². The van der Waals surface area contributed by atoms with Gasteiger partial charge >= 0.3 is 0 Å². The molecule has 17 heavy (non-hydrogen) atoms. The molecule has 0 saturated heterocycles. The fourth-order valence-corrected chi connectivity index (χ4v) is 1.34. The lowest BCUT2D eigenvalue weighted by Gasteiger charge is -2.06. The summed E-state index contributed by atoms with van der Waals surface area (Å²) >= 11 is 0. The Morgan fingerprint density at radius 1 is 1.24 bits per heavy atom. The molecular weight excluding hydrogens is 222 g/mol. The normalized spacial score (nSPS) is 10.4. The molecule has 0 spiro atoms. The van der Waals surface area contributed by atoms with E-state index in [4.69, 9.17) is 4.74 Å². The third-order valence-corrected chi connectivity index (χ3v) is 2.11. The van der Waals surface area contributed by atoms with E-state index in [2.05, 4.69) is 15.0 Å². The van der Waals surface area contributed by atoms with Crippen LogP contribution < -0.4 is 0 Å². The van der Waals surface area contributed by atoms with Gasteiger partial charge in [0.05, 0.1) is 6.61 Å². The average molecular weight is 233 g/mol. The fraction of sp³-hybridized carbons (Fsp3) is 0.182. The first kappa shape index (κ1) is 11.3. The van der Waals surface area contributed by atoms with Gasteiger partial charge in [0.1, 0.15) is 11.4 Å². The summed E-state index contributed by atoms with van der Waals surface area (Å²) in [6.45, 7) is 0.0851. The monoisotopic (exact) mass is 233 g/mol. The predicted molar refractivity (Wildman–Crippen MR) is 59.3 cm³/mol. The smallest absolute Gasteiger partial charge is 0.258 e. The third kappa shape index (κ3) is 2.31. The third-order valence-electron chi connectivity index (χ3n) is 2.11. The van der Waals surface area contributed by atoms with Gasteiger partial charge in [0.15, 0.2) is 5.82 Å². The van der Waals surface area contributed by atoms with Crippen LogP contribution in [0.1, 0.15) is 5.69 Å². The van der Waals surface area contributed by atoms with E-state index in [1.54, 1.807) is 24.4 Å². The van der Waals surface area contributed by atoms with Gasteiger partial charge < -0.3 is 14.9 Å². The maximum absolute atomic E-state index is 9.52. The predicted octanol–water partition coefficient (Wildman–Crippen LogP) is 1.10. The highest BCUT2D eigenvalue weighted by Crippen LogP contribution is 2.28. The molecule has 0 aliphatic heterocycles. The molecule has 2 heterocycles. The number of hydrogen-bond acceptors (Lipinski definition) is 6. The van der Waals surface area contributed by atoms with E-state index in [0.717, 1.165) is 0 Å². The SMILES string of the molecule is COCc1nc(-c2ccccn2)nc(O)c1O. The number of rotatable bonds is 3. The van der Waals surface area contributed by atoms with Crippen molar-refractivity contribution in [3.63, 3.8) is 0 Å². The van der Waals surface area contributed by atoms with E-state index in [9.17, 15) is 10.2 Å². The standard InChI is InChI=1S/C11H11N3O3/c1-17-6-8-9(15)11(16)14-10(13-8)7-4-2-3-5-12-7/h2-5,15H,6H2,1H3,(H,13,14,16). The second-order valence-electron chi connectivity index (χ2n) is 3.31. The van der Waals surface area contributed by atoms with Gasteiger partial charge in [0.25, 0.3) is 5.88 Å². The van der Waals surface area contributed by atoms with E-state index in [1.807, 2.05) is 0 Å². The molecule has 0 bridgehead atoms. The molecule has 0 aromatic carbocycles. The highest BCUT2D eigenvalue weighted by atomic mass is 16.5. The van der Waals surface area contributed by atoms with Crippen molar-refractivity contribution in [2.24, 2.45) is 0 Å². The maximum atomic E-state index is 9.52. The Labute approximate surface area is 97.6 Å². The second kappa shape index (κ2) is 4.75. The summed E-state index contributed by atoms with van der Waals surface area (Å²) in [5.74, 6) is -0.604. The van der Waals surface area contributed by atoms with Gasteiger partial charge in [-0.15, -0.1) is 0 Å². The number of ether oxygens (including phenoxy) is 1. The lowest BCUT2D eigenvalue weighted by Crippen LogP contribution is -1.99. The van der Waals surface area contributed by atoms with Gasteiger partial charge in [-0.3, -0.25) is 4.98 Å². The number of aromatic nitrogens is 3. The van der Waals surface area contributed by atoms with Gasteiger partial charge in [-0.05, 0) is 12.1 Å². The highest BCUT2D eigenvalue weighted by molar-refractivity contribution is 5.52. The minimum atomic E-state index is -0.479. The fourth-order valence-electron chi connectivity index (χ4n) is 1.34. The Balaban J connectivity index is 2.49. The summed E-state index contributed by atoms with van der Waals surface area (Å²) < 4.78 is 4.87. The maximum Gasteiger partial charge on any atom is 0.258 e. The van der Waals surface area contributed by atoms with Crippen LogP contribution in [0.15, 0.2) is 24.4 Å². The molecule has 0 aliphatic carbocycles. The molecule has 0 aliphatic rings. The highest BCUT2D eigenvalue weighted by Gasteiger charge is 2.14. The van der Waals surface area contributed by atoms with Crippen LogP contribution in [0, 0.1) is 0 Å². The zero-order chi connectivity index (χ0) is 12.3. The molecule has 88 valence electrons. The van der Waals surface area contributed by atoms with Crippen LogP contribution in [-0.4, -0.2) is 32.3 Å². The first-order valence-electron chi connectivity index (χ1n) is 4.91. The van der Waals surface area contributed by atoms with Gasteiger partial charge in [0, 0.05) is 13.3 Å². The number of aromatic hydroxyl groups is 2. The largest absolute Gasteiger partial charge is 0.502 e. The lowest BCUT2D eigenvalue weighted by atomic mass is 10.3.